The smallest absolute Gasteiger partial charge is 0.311 e. The van der Waals surface area contributed by atoms with E-state index in [9.17, 15) is 14.7 Å². The molecule has 0 spiro atoms. The fourth-order valence-corrected chi connectivity index (χ4v) is 2.63. The van der Waals surface area contributed by atoms with Crippen LogP contribution in [0.25, 0.3) is 0 Å². The monoisotopic (exact) mass is 279 g/mol. The summed E-state index contributed by atoms with van der Waals surface area (Å²) in [5.74, 6) is -0.462. The second-order valence-corrected chi connectivity index (χ2v) is 5.95. The van der Waals surface area contributed by atoms with Crippen molar-refractivity contribution in [3.05, 3.63) is 22.7 Å². The zero-order valence-electron chi connectivity index (χ0n) is 12.2. The van der Waals surface area contributed by atoms with Gasteiger partial charge < -0.3 is 14.6 Å². The van der Waals surface area contributed by atoms with E-state index in [4.69, 9.17) is 0 Å². The van der Waals surface area contributed by atoms with Crippen molar-refractivity contribution >= 4 is 11.8 Å². The van der Waals surface area contributed by atoms with Crippen molar-refractivity contribution in [2.75, 3.05) is 18.0 Å². The average Bonchev–Trinajstić information content (AvgIpc) is 2.38. The summed E-state index contributed by atoms with van der Waals surface area (Å²) in [4.78, 5) is 29.8. The molecule has 1 N–H and O–H groups in total. The third-order valence-electron chi connectivity index (χ3n) is 3.92. The van der Waals surface area contributed by atoms with Gasteiger partial charge in [-0.2, -0.15) is 0 Å². The van der Waals surface area contributed by atoms with Gasteiger partial charge in [0, 0.05) is 31.5 Å². The molecule has 2 rings (SSSR count). The van der Waals surface area contributed by atoms with Crippen LogP contribution in [0.4, 0.5) is 5.82 Å². The number of aliphatic carboxylic acids is 1. The van der Waals surface area contributed by atoms with E-state index >= 15 is 0 Å². The second-order valence-electron chi connectivity index (χ2n) is 5.95. The number of hydrogen-bond donors (Lipinski definition) is 1. The largest absolute Gasteiger partial charge is 0.481 e. The summed E-state index contributed by atoms with van der Waals surface area (Å²) in [6, 6.07) is 0.0555. The van der Waals surface area contributed by atoms with Crippen LogP contribution in [0, 0.1) is 5.41 Å². The van der Waals surface area contributed by atoms with E-state index in [-0.39, 0.29) is 11.6 Å². The lowest BCUT2D eigenvalue weighted by Gasteiger charge is -2.37. The Morgan fingerprint density at radius 1 is 1.50 bits per heavy atom. The molecule has 20 heavy (non-hydrogen) atoms. The zero-order chi connectivity index (χ0) is 14.9. The first-order valence-electron chi connectivity index (χ1n) is 6.90. The van der Waals surface area contributed by atoms with Crippen LogP contribution in [0.1, 0.15) is 39.7 Å². The quantitative estimate of drug-likeness (QED) is 0.907. The molecule has 6 heteroatoms. The number of carbonyl (C=O) groups is 1. The molecule has 1 fully saturated rings. The molecule has 1 aromatic heterocycles. The number of piperidine rings is 1. The van der Waals surface area contributed by atoms with E-state index in [1.54, 1.807) is 28.8 Å². The number of rotatable bonds is 3. The van der Waals surface area contributed by atoms with Gasteiger partial charge in [-0.25, -0.2) is 4.98 Å². The van der Waals surface area contributed by atoms with Gasteiger partial charge in [0.2, 0.25) is 0 Å². The Balaban J connectivity index is 2.35. The minimum absolute atomic E-state index is 0.0555. The van der Waals surface area contributed by atoms with E-state index in [1.807, 2.05) is 13.8 Å². The molecular formula is C14H21N3O3. The molecule has 6 nitrogen and oxygen atoms in total. The number of nitrogens with zero attached hydrogens (tertiary/aromatic N) is 3. The minimum Gasteiger partial charge on any atom is -0.481 e. The molecule has 1 aliphatic heterocycles. The summed E-state index contributed by atoms with van der Waals surface area (Å²) in [6.07, 6.45) is 4.64. The Morgan fingerprint density at radius 2 is 2.20 bits per heavy atom. The number of carboxylic acid groups (broad SMARTS) is 1. The van der Waals surface area contributed by atoms with E-state index in [0.717, 1.165) is 6.42 Å². The van der Waals surface area contributed by atoms with E-state index < -0.39 is 11.4 Å². The van der Waals surface area contributed by atoms with Crippen LogP contribution in [0.5, 0.6) is 0 Å². The lowest BCUT2D eigenvalue weighted by molar-refractivity contribution is -0.148. The van der Waals surface area contributed by atoms with Gasteiger partial charge in [0.05, 0.1) is 5.41 Å². The first-order valence-corrected chi connectivity index (χ1v) is 6.90. The highest BCUT2D eigenvalue weighted by atomic mass is 16.4. The van der Waals surface area contributed by atoms with Gasteiger partial charge >= 0.3 is 5.97 Å². The van der Waals surface area contributed by atoms with E-state index in [2.05, 4.69) is 4.98 Å². The standard InChI is InChI=1S/C14H21N3O3/c1-10(2)17-8-6-15-11(12(17)18)16-7-4-5-14(3,9-16)13(19)20/h6,8,10H,4-5,7,9H2,1-3H3,(H,19,20). The maximum absolute atomic E-state index is 12.4. The Bertz CT molecular complexity index is 567. The Hall–Kier alpha value is -1.85. The van der Waals surface area contributed by atoms with Gasteiger partial charge in [0.25, 0.3) is 5.56 Å². The molecule has 0 radical (unpaired) electrons. The van der Waals surface area contributed by atoms with Crippen LogP contribution >= 0.6 is 0 Å². The zero-order valence-corrected chi connectivity index (χ0v) is 12.2. The van der Waals surface area contributed by atoms with Crippen LogP contribution in [0.2, 0.25) is 0 Å². The topological polar surface area (TPSA) is 75.4 Å². The highest BCUT2D eigenvalue weighted by Gasteiger charge is 2.38. The molecule has 1 saturated heterocycles. The van der Waals surface area contributed by atoms with Gasteiger partial charge in [-0.05, 0) is 33.6 Å². The normalized spacial score (nSPS) is 23.1. The van der Waals surface area contributed by atoms with Crippen molar-refractivity contribution in [1.82, 2.24) is 9.55 Å². The van der Waals surface area contributed by atoms with E-state index in [0.29, 0.717) is 25.3 Å². The van der Waals surface area contributed by atoms with Crippen LogP contribution in [0.3, 0.4) is 0 Å². The molecule has 0 bridgehead atoms. The Kier molecular flexibility index (Phi) is 3.83. The molecule has 0 aromatic carbocycles. The van der Waals surface area contributed by atoms with Gasteiger partial charge in [-0.1, -0.05) is 0 Å². The lowest BCUT2D eigenvalue weighted by atomic mass is 9.82. The molecule has 0 aliphatic carbocycles. The summed E-state index contributed by atoms with van der Waals surface area (Å²) in [5, 5.41) is 9.34. The van der Waals surface area contributed by atoms with Crippen molar-refractivity contribution < 1.29 is 9.90 Å². The van der Waals surface area contributed by atoms with Crippen molar-refractivity contribution in [1.29, 1.82) is 0 Å². The highest BCUT2D eigenvalue weighted by molar-refractivity contribution is 5.75. The third-order valence-corrected chi connectivity index (χ3v) is 3.92. The fraction of sp³-hybridized carbons (Fsp3) is 0.643. The molecule has 2 heterocycles. The molecular weight excluding hydrogens is 258 g/mol. The first kappa shape index (κ1) is 14.6. The lowest BCUT2D eigenvalue weighted by Crippen LogP contribution is -2.48. The number of anilines is 1. The van der Waals surface area contributed by atoms with Crippen LogP contribution in [-0.4, -0.2) is 33.7 Å². The summed E-state index contributed by atoms with van der Waals surface area (Å²) in [6.45, 7) is 6.59. The summed E-state index contributed by atoms with van der Waals surface area (Å²) < 4.78 is 1.62. The van der Waals surface area contributed by atoms with Gasteiger partial charge in [0.15, 0.2) is 5.82 Å². The minimum atomic E-state index is -0.817. The van der Waals surface area contributed by atoms with E-state index in [1.165, 1.54) is 0 Å². The molecule has 0 amide bonds. The van der Waals surface area contributed by atoms with Gasteiger partial charge in [0.1, 0.15) is 0 Å². The summed E-state index contributed by atoms with van der Waals surface area (Å²) in [7, 11) is 0. The highest BCUT2D eigenvalue weighted by Crippen LogP contribution is 2.30. The maximum Gasteiger partial charge on any atom is 0.311 e. The second kappa shape index (κ2) is 5.26. The fourth-order valence-electron chi connectivity index (χ4n) is 2.63. The summed E-state index contributed by atoms with van der Waals surface area (Å²) >= 11 is 0. The predicted molar refractivity (Wildman–Crippen MR) is 76.1 cm³/mol. The average molecular weight is 279 g/mol. The Labute approximate surface area is 118 Å². The van der Waals surface area contributed by atoms with Crippen LogP contribution < -0.4 is 10.5 Å². The van der Waals surface area contributed by atoms with Crippen LogP contribution in [0.15, 0.2) is 17.2 Å². The molecule has 110 valence electrons. The Morgan fingerprint density at radius 3 is 2.80 bits per heavy atom. The third kappa shape index (κ3) is 2.55. The van der Waals surface area contributed by atoms with Crippen molar-refractivity contribution in [2.45, 2.75) is 39.7 Å². The number of aromatic nitrogens is 2. The SMILES string of the molecule is CC(C)n1ccnc(N2CCCC(C)(C(=O)O)C2)c1=O. The molecule has 1 unspecified atom stereocenters. The number of carboxylic acids is 1. The van der Waals surface area contributed by atoms with Crippen molar-refractivity contribution in [3.63, 3.8) is 0 Å². The predicted octanol–water partition coefficient (Wildman–Crippen LogP) is 1.52. The maximum atomic E-state index is 12.4. The first-order chi connectivity index (χ1) is 9.35. The van der Waals surface area contributed by atoms with Crippen molar-refractivity contribution in [3.8, 4) is 0 Å². The molecule has 1 aliphatic rings. The van der Waals surface area contributed by atoms with Gasteiger partial charge in [-0.3, -0.25) is 9.59 Å². The van der Waals surface area contributed by atoms with Crippen LogP contribution in [-0.2, 0) is 4.79 Å². The van der Waals surface area contributed by atoms with Crippen molar-refractivity contribution in [2.24, 2.45) is 5.41 Å². The summed E-state index contributed by atoms with van der Waals surface area (Å²) in [5.41, 5.74) is -0.970. The number of hydrogen-bond acceptors (Lipinski definition) is 4. The van der Waals surface area contributed by atoms with Gasteiger partial charge in [-0.15, -0.1) is 0 Å². The molecule has 0 saturated carbocycles. The molecule has 1 atom stereocenters. The molecule has 1 aromatic rings.